The molecule has 1 aromatic rings. The van der Waals surface area contributed by atoms with Gasteiger partial charge in [0.15, 0.2) is 5.16 Å². The summed E-state index contributed by atoms with van der Waals surface area (Å²) in [5, 5.41) is 11.4. The summed E-state index contributed by atoms with van der Waals surface area (Å²) >= 11 is 1.73. The topological polar surface area (TPSA) is 62.7 Å². The molecule has 0 bridgehead atoms. The fourth-order valence-electron chi connectivity index (χ4n) is 2.53. The van der Waals surface area contributed by atoms with E-state index in [4.69, 9.17) is 0 Å². The Hall–Kier alpha value is -0.750. The second-order valence-corrected chi connectivity index (χ2v) is 6.32. The molecule has 1 fully saturated rings. The molecule has 0 aromatic carbocycles. The molecule has 0 aliphatic heterocycles. The molecule has 0 radical (unpaired) electrons. The average molecular weight is 270 g/mol. The maximum atomic E-state index is 11.7. The Kier molecular flexibility index (Phi) is 4.50. The molecule has 2 atom stereocenters. The third-order valence-corrected chi connectivity index (χ3v) is 4.88. The summed E-state index contributed by atoms with van der Waals surface area (Å²) in [6.45, 7) is 4.02. The van der Waals surface area contributed by atoms with E-state index in [1.165, 1.54) is 25.7 Å². The van der Waals surface area contributed by atoms with Crippen LogP contribution in [0.25, 0.3) is 0 Å². The number of nitrogens with zero attached hydrogens (tertiary/aromatic N) is 2. The Morgan fingerprint density at radius 2 is 2.17 bits per heavy atom. The fourth-order valence-corrected chi connectivity index (χ4v) is 4.03. The second-order valence-electron chi connectivity index (χ2n) is 5.11. The van der Waals surface area contributed by atoms with Crippen LogP contribution in [0.4, 0.5) is 0 Å². The van der Waals surface area contributed by atoms with Crippen LogP contribution in [0.1, 0.15) is 45.6 Å². The van der Waals surface area contributed by atoms with Crippen LogP contribution in [0.5, 0.6) is 0 Å². The lowest BCUT2D eigenvalue weighted by atomic mass is 9.95. The third kappa shape index (κ3) is 2.80. The van der Waals surface area contributed by atoms with Gasteiger partial charge in [-0.05, 0) is 33.7 Å². The lowest BCUT2D eigenvalue weighted by molar-refractivity contribution is 0.404. The third-order valence-electron chi connectivity index (χ3n) is 3.52. The van der Waals surface area contributed by atoms with Crippen LogP contribution in [0.2, 0.25) is 0 Å². The number of aromatic amines is 1. The summed E-state index contributed by atoms with van der Waals surface area (Å²) in [6.07, 6.45) is 4.96. The van der Waals surface area contributed by atoms with E-state index in [2.05, 4.69) is 15.5 Å². The van der Waals surface area contributed by atoms with E-state index >= 15 is 0 Å². The van der Waals surface area contributed by atoms with Crippen molar-refractivity contribution < 1.29 is 0 Å². The largest absolute Gasteiger partial charge is 0.344 e. The molecule has 0 spiro atoms. The summed E-state index contributed by atoms with van der Waals surface area (Å²) in [6, 6.07) is 0.673. The van der Waals surface area contributed by atoms with Gasteiger partial charge >= 0.3 is 5.69 Å². The summed E-state index contributed by atoms with van der Waals surface area (Å²) in [5.74, 6) is 0. The van der Waals surface area contributed by atoms with Crippen LogP contribution < -0.4 is 11.0 Å². The molecular formula is C12H22N4OS. The zero-order valence-corrected chi connectivity index (χ0v) is 12.1. The van der Waals surface area contributed by atoms with Crippen molar-refractivity contribution in [2.45, 2.75) is 62.0 Å². The van der Waals surface area contributed by atoms with Gasteiger partial charge in [0, 0.05) is 17.3 Å². The van der Waals surface area contributed by atoms with Gasteiger partial charge in [0.2, 0.25) is 0 Å². The van der Waals surface area contributed by atoms with Gasteiger partial charge in [-0.15, -0.1) is 5.10 Å². The predicted octanol–water partition coefficient (Wildman–Crippen LogP) is 1.77. The second kappa shape index (κ2) is 5.93. The molecule has 0 amide bonds. The standard InChI is InChI=1S/C12H22N4OS/c1-8(2)16-11(17)14-15-12(16)18-10-7-5-4-6-9(10)13-3/h8-10,13H,4-7H2,1-3H3,(H,14,17). The Balaban J connectivity index is 2.15. The fraction of sp³-hybridized carbons (Fsp3) is 0.833. The van der Waals surface area contributed by atoms with Crippen molar-refractivity contribution in [3.8, 4) is 0 Å². The number of hydrogen-bond donors (Lipinski definition) is 2. The van der Waals surface area contributed by atoms with Crippen molar-refractivity contribution in [2.24, 2.45) is 0 Å². The Bertz CT molecular complexity index is 440. The number of thioether (sulfide) groups is 1. The molecule has 1 heterocycles. The quantitative estimate of drug-likeness (QED) is 0.875. The van der Waals surface area contributed by atoms with Crippen LogP contribution in [-0.2, 0) is 0 Å². The van der Waals surface area contributed by atoms with Gasteiger partial charge in [-0.2, -0.15) is 0 Å². The zero-order valence-electron chi connectivity index (χ0n) is 11.3. The molecule has 18 heavy (non-hydrogen) atoms. The highest BCUT2D eigenvalue weighted by molar-refractivity contribution is 7.99. The summed E-state index contributed by atoms with van der Waals surface area (Å²) in [5.41, 5.74) is -0.107. The van der Waals surface area contributed by atoms with Crippen LogP contribution in [-0.4, -0.2) is 33.1 Å². The maximum Gasteiger partial charge on any atom is 0.344 e. The molecule has 6 heteroatoms. The van der Waals surface area contributed by atoms with Crippen LogP contribution in [0.15, 0.2) is 9.95 Å². The number of H-pyrrole nitrogens is 1. The minimum absolute atomic E-state index is 0.107. The van der Waals surface area contributed by atoms with Crippen LogP contribution >= 0.6 is 11.8 Å². The first-order valence-electron chi connectivity index (χ1n) is 6.64. The normalized spacial score (nSPS) is 24.7. The molecule has 2 rings (SSSR count). The van der Waals surface area contributed by atoms with Gasteiger partial charge in [0.1, 0.15) is 0 Å². The molecular weight excluding hydrogens is 248 g/mol. The molecule has 1 aliphatic rings. The number of hydrogen-bond acceptors (Lipinski definition) is 4. The average Bonchev–Trinajstić information content (AvgIpc) is 2.71. The lowest BCUT2D eigenvalue weighted by Gasteiger charge is -2.30. The van der Waals surface area contributed by atoms with E-state index < -0.39 is 0 Å². The zero-order chi connectivity index (χ0) is 13.1. The van der Waals surface area contributed by atoms with E-state index in [0.717, 1.165) is 5.16 Å². The highest BCUT2D eigenvalue weighted by Crippen LogP contribution is 2.33. The van der Waals surface area contributed by atoms with Crippen molar-refractivity contribution in [1.29, 1.82) is 0 Å². The van der Waals surface area contributed by atoms with Gasteiger partial charge in [-0.3, -0.25) is 4.57 Å². The molecule has 1 aliphatic carbocycles. The lowest BCUT2D eigenvalue weighted by Crippen LogP contribution is -2.38. The molecule has 1 aromatic heterocycles. The minimum Gasteiger partial charge on any atom is -0.316 e. The maximum absolute atomic E-state index is 11.7. The van der Waals surface area contributed by atoms with E-state index in [-0.39, 0.29) is 11.7 Å². The van der Waals surface area contributed by atoms with Crippen molar-refractivity contribution in [2.75, 3.05) is 7.05 Å². The van der Waals surface area contributed by atoms with Gasteiger partial charge in [-0.1, -0.05) is 24.6 Å². The number of nitrogens with one attached hydrogen (secondary N) is 2. The first-order chi connectivity index (χ1) is 8.63. The van der Waals surface area contributed by atoms with Crippen molar-refractivity contribution in [3.05, 3.63) is 10.5 Å². The Labute approximate surface area is 112 Å². The van der Waals surface area contributed by atoms with E-state index in [1.807, 2.05) is 20.9 Å². The van der Waals surface area contributed by atoms with Crippen LogP contribution in [0.3, 0.4) is 0 Å². The van der Waals surface area contributed by atoms with Gasteiger partial charge < -0.3 is 5.32 Å². The number of rotatable bonds is 4. The highest BCUT2D eigenvalue weighted by atomic mass is 32.2. The summed E-state index contributed by atoms with van der Waals surface area (Å²) in [7, 11) is 2.02. The summed E-state index contributed by atoms with van der Waals surface area (Å²) < 4.78 is 1.74. The molecule has 0 saturated heterocycles. The monoisotopic (exact) mass is 270 g/mol. The number of aromatic nitrogens is 3. The first-order valence-corrected chi connectivity index (χ1v) is 7.52. The van der Waals surface area contributed by atoms with Crippen molar-refractivity contribution >= 4 is 11.8 Å². The van der Waals surface area contributed by atoms with Crippen molar-refractivity contribution in [1.82, 2.24) is 20.1 Å². The van der Waals surface area contributed by atoms with E-state index in [9.17, 15) is 4.79 Å². The molecule has 102 valence electrons. The molecule has 1 saturated carbocycles. The molecule has 2 N–H and O–H groups in total. The van der Waals surface area contributed by atoms with E-state index in [1.54, 1.807) is 16.3 Å². The van der Waals surface area contributed by atoms with Gasteiger partial charge in [0.05, 0.1) is 0 Å². The van der Waals surface area contributed by atoms with Crippen LogP contribution in [0, 0.1) is 0 Å². The first kappa shape index (κ1) is 13.7. The van der Waals surface area contributed by atoms with Gasteiger partial charge in [0.25, 0.3) is 0 Å². The summed E-state index contributed by atoms with van der Waals surface area (Å²) in [4.78, 5) is 11.7. The SMILES string of the molecule is CNC1CCCCC1Sc1n[nH]c(=O)n1C(C)C. The smallest absolute Gasteiger partial charge is 0.316 e. The van der Waals surface area contributed by atoms with E-state index in [0.29, 0.717) is 11.3 Å². The predicted molar refractivity (Wildman–Crippen MR) is 74.2 cm³/mol. The Morgan fingerprint density at radius 1 is 1.44 bits per heavy atom. The van der Waals surface area contributed by atoms with Gasteiger partial charge in [-0.25, -0.2) is 9.89 Å². The molecule has 5 nitrogen and oxygen atoms in total. The minimum atomic E-state index is -0.107. The Morgan fingerprint density at radius 3 is 2.83 bits per heavy atom. The molecule has 2 unspecified atom stereocenters. The highest BCUT2D eigenvalue weighted by Gasteiger charge is 2.27. The van der Waals surface area contributed by atoms with Crippen molar-refractivity contribution in [3.63, 3.8) is 0 Å².